The highest BCUT2D eigenvalue weighted by atomic mass is 32.2. The van der Waals surface area contributed by atoms with Crippen LogP contribution in [0.25, 0.3) is 0 Å². The fourth-order valence-electron chi connectivity index (χ4n) is 0.321. The molecule has 0 fully saturated rings. The third-order valence-corrected chi connectivity index (χ3v) is 2.66. The predicted molar refractivity (Wildman–Crippen MR) is 41.9 cm³/mol. The summed E-state index contributed by atoms with van der Waals surface area (Å²) < 4.78 is 10.4. The van der Waals surface area contributed by atoms with Crippen molar-refractivity contribution in [2.24, 2.45) is 0 Å². The SMILES string of the molecule is CCSCC[S+](C)[O-]. The van der Waals surface area contributed by atoms with Crippen LogP contribution in [0.3, 0.4) is 0 Å². The lowest BCUT2D eigenvalue weighted by molar-refractivity contribution is 0.602. The summed E-state index contributed by atoms with van der Waals surface area (Å²) in [7, 11) is 0. The summed E-state index contributed by atoms with van der Waals surface area (Å²) in [4.78, 5) is 0. The van der Waals surface area contributed by atoms with Crippen LogP contribution < -0.4 is 0 Å². The molecule has 0 amide bonds. The van der Waals surface area contributed by atoms with Gasteiger partial charge in [-0.3, -0.25) is 0 Å². The van der Waals surface area contributed by atoms with Gasteiger partial charge in [0.15, 0.2) is 0 Å². The third-order valence-electron chi connectivity index (χ3n) is 0.719. The Balaban J connectivity index is 2.72. The van der Waals surface area contributed by atoms with E-state index in [0.717, 1.165) is 17.3 Å². The predicted octanol–water partition coefficient (Wildman–Crippen LogP) is 1.12. The van der Waals surface area contributed by atoms with Gasteiger partial charge in [-0.25, -0.2) is 0 Å². The van der Waals surface area contributed by atoms with E-state index in [1.807, 2.05) is 11.8 Å². The van der Waals surface area contributed by atoms with Crippen LogP contribution in [0.15, 0.2) is 0 Å². The van der Waals surface area contributed by atoms with Crippen LogP contribution in [-0.2, 0) is 11.2 Å². The van der Waals surface area contributed by atoms with Gasteiger partial charge < -0.3 is 4.55 Å². The molecule has 1 atom stereocenters. The molecule has 0 aliphatic rings. The van der Waals surface area contributed by atoms with Crippen molar-refractivity contribution >= 4 is 22.9 Å². The number of hydrogen-bond donors (Lipinski definition) is 0. The molecular formula is C5H12OS2. The van der Waals surface area contributed by atoms with Crippen molar-refractivity contribution in [1.29, 1.82) is 0 Å². The molecule has 0 aromatic heterocycles. The minimum Gasteiger partial charge on any atom is -0.617 e. The molecule has 0 aromatic carbocycles. The molecule has 0 N–H and O–H groups in total. The van der Waals surface area contributed by atoms with Gasteiger partial charge in [0.1, 0.15) is 5.75 Å². The highest BCUT2D eigenvalue weighted by molar-refractivity contribution is 8.00. The average molecular weight is 152 g/mol. The van der Waals surface area contributed by atoms with Crippen molar-refractivity contribution in [1.82, 2.24) is 0 Å². The molecule has 0 spiro atoms. The Bertz CT molecular complexity index is 47.7. The molecule has 0 aliphatic carbocycles. The molecule has 0 bridgehead atoms. The molecule has 1 nitrogen and oxygen atoms in total. The van der Waals surface area contributed by atoms with E-state index >= 15 is 0 Å². The van der Waals surface area contributed by atoms with Crippen LogP contribution in [0.2, 0.25) is 0 Å². The van der Waals surface area contributed by atoms with Crippen molar-refractivity contribution in [3.8, 4) is 0 Å². The van der Waals surface area contributed by atoms with Crippen LogP contribution in [0.5, 0.6) is 0 Å². The number of thioether (sulfide) groups is 1. The molecule has 3 heteroatoms. The first-order valence-electron chi connectivity index (χ1n) is 2.65. The van der Waals surface area contributed by atoms with Crippen molar-refractivity contribution in [3.05, 3.63) is 0 Å². The van der Waals surface area contributed by atoms with Crippen molar-refractivity contribution in [2.45, 2.75) is 6.92 Å². The second kappa shape index (κ2) is 5.79. The van der Waals surface area contributed by atoms with Crippen molar-refractivity contribution < 1.29 is 4.55 Å². The summed E-state index contributed by atoms with van der Waals surface area (Å²) >= 11 is 1.26. The lowest BCUT2D eigenvalue weighted by Gasteiger charge is -2.01. The first-order chi connectivity index (χ1) is 3.77. The highest BCUT2D eigenvalue weighted by Crippen LogP contribution is 1.98. The van der Waals surface area contributed by atoms with Gasteiger partial charge in [-0.15, -0.1) is 0 Å². The second-order valence-corrected chi connectivity index (χ2v) is 4.42. The van der Waals surface area contributed by atoms with Gasteiger partial charge in [0.25, 0.3) is 0 Å². The standard InChI is InChI=1S/C5H12OS2/c1-3-7-4-5-8(2)6/h3-5H2,1-2H3. The lowest BCUT2D eigenvalue weighted by Crippen LogP contribution is -2.04. The molecule has 0 saturated carbocycles. The van der Waals surface area contributed by atoms with Crippen LogP contribution >= 0.6 is 11.8 Å². The number of rotatable bonds is 4. The van der Waals surface area contributed by atoms with Crippen LogP contribution in [-0.4, -0.2) is 28.1 Å². The Morgan fingerprint density at radius 3 is 2.62 bits per heavy atom. The van der Waals surface area contributed by atoms with Crippen LogP contribution in [0.1, 0.15) is 6.92 Å². The average Bonchev–Trinajstić information content (AvgIpc) is 1.66. The Kier molecular flexibility index (Phi) is 6.27. The summed E-state index contributed by atoms with van der Waals surface area (Å²) in [5.74, 6) is 3.02. The molecular weight excluding hydrogens is 140 g/mol. The fraction of sp³-hybridized carbons (Fsp3) is 1.00. The van der Waals surface area contributed by atoms with Gasteiger partial charge in [-0.2, -0.15) is 11.8 Å². The summed E-state index contributed by atoms with van der Waals surface area (Å²) in [5, 5.41) is 0. The molecule has 0 heterocycles. The van der Waals surface area contributed by atoms with E-state index in [9.17, 15) is 4.55 Å². The van der Waals surface area contributed by atoms with Gasteiger partial charge >= 0.3 is 0 Å². The quantitative estimate of drug-likeness (QED) is 0.445. The fourth-order valence-corrected chi connectivity index (χ4v) is 2.02. The van der Waals surface area contributed by atoms with Gasteiger partial charge in [0, 0.05) is 5.75 Å². The normalized spacial score (nSPS) is 13.9. The Morgan fingerprint density at radius 1 is 1.62 bits per heavy atom. The molecule has 50 valence electrons. The molecule has 1 unspecified atom stereocenters. The maximum atomic E-state index is 10.4. The zero-order valence-electron chi connectivity index (χ0n) is 5.35. The Morgan fingerprint density at radius 2 is 2.25 bits per heavy atom. The van der Waals surface area contributed by atoms with Gasteiger partial charge in [0.05, 0.1) is 6.26 Å². The molecule has 0 aromatic rings. The molecule has 8 heavy (non-hydrogen) atoms. The van der Waals surface area contributed by atoms with E-state index in [2.05, 4.69) is 6.92 Å². The number of hydrogen-bond acceptors (Lipinski definition) is 2. The van der Waals surface area contributed by atoms with E-state index < -0.39 is 11.2 Å². The van der Waals surface area contributed by atoms with Gasteiger partial charge in [-0.05, 0) is 5.75 Å². The molecule has 0 aliphatic heterocycles. The van der Waals surface area contributed by atoms with Gasteiger partial charge in [0.2, 0.25) is 0 Å². The highest BCUT2D eigenvalue weighted by Gasteiger charge is 1.93. The second-order valence-electron chi connectivity index (χ2n) is 1.47. The third kappa shape index (κ3) is 6.66. The first-order valence-corrected chi connectivity index (χ1v) is 5.53. The van der Waals surface area contributed by atoms with E-state index in [4.69, 9.17) is 0 Å². The van der Waals surface area contributed by atoms with Gasteiger partial charge in [-0.1, -0.05) is 18.1 Å². The minimum absolute atomic E-state index is 0.588. The summed E-state index contributed by atoms with van der Waals surface area (Å²) in [6.07, 6.45) is 1.75. The summed E-state index contributed by atoms with van der Waals surface area (Å²) in [5.41, 5.74) is 0. The lowest BCUT2D eigenvalue weighted by atomic mass is 10.9. The minimum atomic E-state index is -0.588. The monoisotopic (exact) mass is 152 g/mol. The molecule has 0 radical (unpaired) electrons. The van der Waals surface area contributed by atoms with E-state index in [0.29, 0.717) is 0 Å². The molecule has 0 rings (SSSR count). The van der Waals surface area contributed by atoms with Crippen LogP contribution in [0, 0.1) is 0 Å². The largest absolute Gasteiger partial charge is 0.617 e. The van der Waals surface area contributed by atoms with E-state index in [1.165, 1.54) is 0 Å². The van der Waals surface area contributed by atoms with E-state index in [-0.39, 0.29) is 0 Å². The summed E-state index contributed by atoms with van der Waals surface area (Å²) in [6.45, 7) is 2.11. The zero-order valence-corrected chi connectivity index (χ0v) is 6.98. The Hall–Kier alpha value is 0.660. The Labute approximate surface area is 58.4 Å². The first kappa shape index (κ1) is 8.66. The molecule has 0 saturated heterocycles. The van der Waals surface area contributed by atoms with Crippen LogP contribution in [0.4, 0.5) is 0 Å². The maximum absolute atomic E-state index is 10.4. The topological polar surface area (TPSA) is 23.1 Å². The zero-order chi connectivity index (χ0) is 6.41. The summed E-state index contributed by atoms with van der Waals surface area (Å²) in [6, 6.07) is 0. The van der Waals surface area contributed by atoms with Crippen molar-refractivity contribution in [2.75, 3.05) is 23.5 Å². The van der Waals surface area contributed by atoms with E-state index in [1.54, 1.807) is 6.26 Å². The maximum Gasteiger partial charge on any atom is 0.114 e. The smallest absolute Gasteiger partial charge is 0.114 e. The van der Waals surface area contributed by atoms with Crippen molar-refractivity contribution in [3.63, 3.8) is 0 Å².